The molecule has 0 N–H and O–H groups in total. The Kier molecular flexibility index (Phi) is 6.71. The first-order chi connectivity index (χ1) is 24.6. The van der Waals surface area contributed by atoms with E-state index in [0.29, 0.717) is 28.5 Å². The highest BCUT2D eigenvalue weighted by atomic mass is 15.0. The van der Waals surface area contributed by atoms with E-state index < -0.39 is 0 Å². The molecule has 11 rings (SSSR count). The van der Waals surface area contributed by atoms with Crippen molar-refractivity contribution < 1.29 is 0 Å². The number of benzene rings is 6. The van der Waals surface area contributed by atoms with Gasteiger partial charge in [0.25, 0.3) is 0 Å². The SMILES string of the molecule is N#Cc1cccc(-c2nc(-c3ccccc3)nc(-c3ccc(-c4ccc(C56CC7CC(CC(C7)C5)C6)cc4)c4cc5ccccc5cc34)n2)c1. The maximum Gasteiger partial charge on any atom is 0.164 e. The van der Waals surface area contributed by atoms with Crippen molar-refractivity contribution in [2.45, 2.75) is 43.9 Å². The van der Waals surface area contributed by atoms with Crippen LogP contribution in [0.2, 0.25) is 0 Å². The standard InChI is InChI=1S/C46H36N4/c47-28-29-7-6-12-37(22-29)44-48-43(34-8-2-1-3-9-34)49-45(50-44)40-18-17-39(41-23-35-10-4-5-11-36(35)24-42(40)41)33-13-15-38(16-14-33)46-25-30-19-31(26-46)21-32(20-30)27-46/h1-18,22-24,30-32H,19-21,25-27H2. The van der Waals surface area contributed by atoms with Gasteiger partial charge in [0.2, 0.25) is 0 Å². The molecule has 0 atom stereocenters. The van der Waals surface area contributed by atoms with Gasteiger partial charge in [0.15, 0.2) is 17.5 Å². The Balaban J connectivity index is 1.13. The summed E-state index contributed by atoms with van der Waals surface area (Å²) in [6.07, 6.45) is 8.52. The van der Waals surface area contributed by atoms with E-state index in [2.05, 4.69) is 78.9 Å². The van der Waals surface area contributed by atoms with Crippen LogP contribution in [-0.2, 0) is 5.41 Å². The average molecular weight is 645 g/mol. The molecule has 7 aromatic rings. The molecule has 1 heterocycles. The van der Waals surface area contributed by atoms with Crippen LogP contribution in [0.25, 0.3) is 66.8 Å². The second-order valence-electron chi connectivity index (χ2n) is 15.0. The summed E-state index contributed by atoms with van der Waals surface area (Å²) in [6, 6.07) is 47.0. The van der Waals surface area contributed by atoms with Crippen LogP contribution in [0, 0.1) is 29.1 Å². The molecule has 50 heavy (non-hydrogen) atoms. The smallest absolute Gasteiger partial charge is 0.164 e. The zero-order valence-corrected chi connectivity index (χ0v) is 27.9. The van der Waals surface area contributed by atoms with E-state index in [1.54, 1.807) is 11.6 Å². The third-order valence-electron chi connectivity index (χ3n) is 11.9. The van der Waals surface area contributed by atoms with Crippen molar-refractivity contribution in [1.82, 2.24) is 15.0 Å². The topological polar surface area (TPSA) is 62.5 Å². The quantitative estimate of drug-likeness (QED) is 0.175. The summed E-state index contributed by atoms with van der Waals surface area (Å²) in [4.78, 5) is 15.1. The molecule has 4 saturated carbocycles. The van der Waals surface area contributed by atoms with Crippen molar-refractivity contribution in [2.75, 3.05) is 0 Å². The largest absolute Gasteiger partial charge is 0.208 e. The lowest BCUT2D eigenvalue weighted by Crippen LogP contribution is -2.48. The molecule has 0 saturated heterocycles. The second kappa shape index (κ2) is 11.5. The minimum Gasteiger partial charge on any atom is -0.208 e. The number of hydrogen-bond donors (Lipinski definition) is 0. The van der Waals surface area contributed by atoms with E-state index in [1.807, 2.05) is 48.5 Å². The highest BCUT2D eigenvalue weighted by Crippen LogP contribution is 2.60. The first-order valence-corrected chi connectivity index (χ1v) is 18.0. The fourth-order valence-electron chi connectivity index (χ4n) is 10.0. The van der Waals surface area contributed by atoms with Crippen LogP contribution >= 0.6 is 0 Å². The van der Waals surface area contributed by atoms with Crippen LogP contribution in [-0.4, -0.2) is 15.0 Å². The Morgan fingerprint density at radius 3 is 1.72 bits per heavy atom. The van der Waals surface area contributed by atoms with Crippen LogP contribution < -0.4 is 0 Å². The summed E-state index contributed by atoms with van der Waals surface area (Å²) < 4.78 is 0. The van der Waals surface area contributed by atoms with Crippen molar-refractivity contribution in [3.8, 4) is 51.4 Å². The number of hydrogen-bond acceptors (Lipinski definition) is 4. The van der Waals surface area contributed by atoms with Gasteiger partial charge in [-0.3, -0.25) is 0 Å². The maximum absolute atomic E-state index is 9.63. The lowest BCUT2D eigenvalue weighted by atomic mass is 9.48. The van der Waals surface area contributed by atoms with Gasteiger partial charge in [0, 0.05) is 16.7 Å². The molecule has 0 spiro atoms. The zero-order chi connectivity index (χ0) is 33.2. The lowest BCUT2D eigenvalue weighted by Gasteiger charge is -2.57. The van der Waals surface area contributed by atoms with Crippen molar-refractivity contribution in [3.63, 3.8) is 0 Å². The van der Waals surface area contributed by atoms with E-state index in [-0.39, 0.29) is 0 Å². The molecule has 240 valence electrons. The molecule has 0 aliphatic heterocycles. The molecule has 1 aromatic heterocycles. The number of fused-ring (bicyclic) bond motifs is 2. The second-order valence-corrected chi connectivity index (χ2v) is 15.0. The normalized spacial score (nSPS) is 22.2. The Morgan fingerprint density at radius 2 is 1.06 bits per heavy atom. The van der Waals surface area contributed by atoms with Gasteiger partial charge < -0.3 is 0 Å². The lowest BCUT2D eigenvalue weighted by molar-refractivity contribution is -0.00518. The molecule has 4 nitrogen and oxygen atoms in total. The van der Waals surface area contributed by atoms with Crippen LogP contribution in [0.15, 0.2) is 127 Å². The monoisotopic (exact) mass is 644 g/mol. The minimum absolute atomic E-state index is 0.384. The third-order valence-corrected chi connectivity index (χ3v) is 11.9. The average Bonchev–Trinajstić information content (AvgIpc) is 3.16. The highest BCUT2D eigenvalue weighted by Gasteiger charge is 2.51. The van der Waals surface area contributed by atoms with E-state index in [1.165, 1.54) is 65.8 Å². The molecule has 0 radical (unpaired) electrons. The summed E-state index contributed by atoms with van der Waals surface area (Å²) in [5.74, 6) is 4.55. The Bertz CT molecular complexity index is 2440. The van der Waals surface area contributed by atoms with E-state index >= 15 is 0 Å². The summed E-state index contributed by atoms with van der Waals surface area (Å²) in [5.41, 5.74) is 7.62. The van der Waals surface area contributed by atoms with E-state index in [9.17, 15) is 5.26 Å². The van der Waals surface area contributed by atoms with Crippen molar-refractivity contribution in [3.05, 3.63) is 139 Å². The molecule has 4 fully saturated rings. The van der Waals surface area contributed by atoms with Gasteiger partial charge in [-0.1, -0.05) is 97.1 Å². The van der Waals surface area contributed by atoms with Gasteiger partial charge in [-0.15, -0.1) is 0 Å². The van der Waals surface area contributed by atoms with Crippen molar-refractivity contribution in [2.24, 2.45) is 17.8 Å². The van der Waals surface area contributed by atoms with Gasteiger partial charge in [-0.25, -0.2) is 15.0 Å². The first-order valence-electron chi connectivity index (χ1n) is 18.0. The molecule has 0 amide bonds. The molecule has 4 heteroatoms. The molecule has 6 aromatic carbocycles. The van der Waals surface area contributed by atoms with Gasteiger partial charge in [0.05, 0.1) is 11.6 Å². The summed E-state index contributed by atoms with van der Waals surface area (Å²) >= 11 is 0. The molecular formula is C46H36N4. The van der Waals surface area contributed by atoms with Gasteiger partial charge in [-0.05, 0) is 130 Å². The Hall–Kier alpha value is -5.66. The molecule has 4 bridgehead atoms. The molecule has 4 aliphatic rings. The molecule has 0 unspecified atom stereocenters. The molecule has 4 aliphatic carbocycles. The predicted molar refractivity (Wildman–Crippen MR) is 201 cm³/mol. The van der Waals surface area contributed by atoms with Crippen LogP contribution in [0.5, 0.6) is 0 Å². The zero-order valence-electron chi connectivity index (χ0n) is 27.9. The summed E-state index contributed by atoms with van der Waals surface area (Å²) in [5, 5.41) is 14.3. The highest BCUT2D eigenvalue weighted by molar-refractivity contribution is 6.10. The molecular weight excluding hydrogens is 609 g/mol. The van der Waals surface area contributed by atoms with Gasteiger partial charge >= 0.3 is 0 Å². The van der Waals surface area contributed by atoms with Crippen LogP contribution in [0.3, 0.4) is 0 Å². The van der Waals surface area contributed by atoms with Crippen LogP contribution in [0.1, 0.15) is 49.7 Å². The van der Waals surface area contributed by atoms with E-state index in [0.717, 1.165) is 39.8 Å². The predicted octanol–water partition coefficient (Wildman–Crippen LogP) is 11.2. The number of aromatic nitrogens is 3. The van der Waals surface area contributed by atoms with Gasteiger partial charge in [0.1, 0.15) is 0 Å². The Morgan fingerprint density at radius 1 is 0.500 bits per heavy atom. The number of nitrogens with zero attached hydrogens (tertiary/aromatic N) is 4. The van der Waals surface area contributed by atoms with E-state index in [4.69, 9.17) is 15.0 Å². The maximum atomic E-state index is 9.63. The van der Waals surface area contributed by atoms with Crippen LogP contribution in [0.4, 0.5) is 0 Å². The Labute approximate surface area is 292 Å². The van der Waals surface area contributed by atoms with Gasteiger partial charge in [-0.2, -0.15) is 5.26 Å². The number of nitriles is 1. The summed E-state index contributed by atoms with van der Waals surface area (Å²) in [6.45, 7) is 0. The van der Waals surface area contributed by atoms with Crippen molar-refractivity contribution >= 4 is 21.5 Å². The first kappa shape index (κ1) is 29.3. The fourth-order valence-corrected chi connectivity index (χ4v) is 10.0. The summed E-state index contributed by atoms with van der Waals surface area (Å²) in [7, 11) is 0. The third kappa shape index (κ3) is 4.91. The minimum atomic E-state index is 0.384. The fraction of sp³-hybridized carbons (Fsp3) is 0.217. The number of rotatable bonds is 5. The van der Waals surface area contributed by atoms with Crippen molar-refractivity contribution in [1.29, 1.82) is 5.26 Å².